The van der Waals surface area contributed by atoms with Gasteiger partial charge in [0.15, 0.2) is 5.88 Å². The van der Waals surface area contributed by atoms with E-state index in [2.05, 4.69) is 42.8 Å². The third-order valence-electron chi connectivity index (χ3n) is 6.66. The van der Waals surface area contributed by atoms with Crippen LogP contribution in [0.15, 0.2) is 77.8 Å². The number of hydrogen-bond donors (Lipinski definition) is 2. The van der Waals surface area contributed by atoms with Crippen LogP contribution in [0.5, 0.6) is 5.88 Å². The lowest BCUT2D eigenvalue weighted by Crippen LogP contribution is -2.29. The smallest absolute Gasteiger partial charge is 0.361 e. The van der Waals surface area contributed by atoms with E-state index in [1.165, 1.54) is 5.56 Å². The molecule has 206 valence electrons. The second-order valence-electron chi connectivity index (χ2n) is 9.56. The number of aliphatic imine (C=N–C) groups is 1. The predicted molar refractivity (Wildman–Crippen MR) is 160 cm³/mol. The van der Waals surface area contributed by atoms with Crippen molar-refractivity contribution in [3.63, 3.8) is 0 Å². The Morgan fingerprint density at radius 2 is 1.64 bits per heavy atom. The van der Waals surface area contributed by atoms with E-state index < -0.39 is 7.60 Å². The maximum absolute atomic E-state index is 13.5. The van der Waals surface area contributed by atoms with Crippen LogP contribution < -0.4 is 5.30 Å². The Morgan fingerprint density at radius 1 is 0.974 bits per heavy atom. The van der Waals surface area contributed by atoms with Crippen LogP contribution in [-0.4, -0.2) is 46.5 Å². The van der Waals surface area contributed by atoms with Gasteiger partial charge in [0, 0.05) is 29.1 Å². The fourth-order valence-corrected chi connectivity index (χ4v) is 6.26. The van der Waals surface area contributed by atoms with Crippen molar-refractivity contribution in [3.05, 3.63) is 89.5 Å². The van der Waals surface area contributed by atoms with E-state index in [1.807, 2.05) is 42.5 Å². The quantitative estimate of drug-likeness (QED) is 0.145. The number of rotatable bonds is 12. The number of aromatic nitrogens is 1. The number of aromatic hydroxyl groups is 1. The van der Waals surface area contributed by atoms with Crippen molar-refractivity contribution in [2.45, 2.75) is 47.2 Å². The Kier molecular flexibility index (Phi) is 9.41. The first-order chi connectivity index (χ1) is 18.8. The lowest BCUT2D eigenvalue weighted by molar-refractivity contribution is 0.225. The van der Waals surface area contributed by atoms with Crippen molar-refractivity contribution in [2.75, 3.05) is 19.8 Å². The van der Waals surface area contributed by atoms with Crippen LogP contribution in [0.4, 0.5) is 5.69 Å². The minimum Gasteiger partial charge on any atom is -0.494 e. The first-order valence-corrected chi connectivity index (χ1v) is 15.1. The van der Waals surface area contributed by atoms with E-state index in [0.29, 0.717) is 33.5 Å². The molecule has 2 N–H and O–H groups in total. The lowest BCUT2D eigenvalue weighted by Gasteiger charge is -2.24. The molecule has 0 amide bonds. The second-order valence-corrected chi connectivity index (χ2v) is 11.6. The van der Waals surface area contributed by atoms with E-state index in [4.69, 9.17) is 14.0 Å². The molecule has 0 atom stereocenters. The number of fused-ring (bicyclic) bond motifs is 1. The van der Waals surface area contributed by atoms with Crippen LogP contribution in [0, 0.1) is 0 Å². The first kappa shape index (κ1) is 28.8. The third-order valence-corrected chi connectivity index (χ3v) is 8.77. The van der Waals surface area contributed by atoms with Gasteiger partial charge in [-0.1, -0.05) is 49.4 Å². The third kappa shape index (κ3) is 6.51. The Labute approximate surface area is 231 Å². The second kappa shape index (κ2) is 12.8. The van der Waals surface area contributed by atoms with Gasteiger partial charge in [-0.15, -0.1) is 0 Å². The van der Waals surface area contributed by atoms with E-state index >= 15 is 0 Å². The summed E-state index contributed by atoms with van der Waals surface area (Å²) in [6, 6.07) is 23.7. The molecule has 0 spiro atoms. The van der Waals surface area contributed by atoms with Crippen molar-refractivity contribution in [2.24, 2.45) is 4.99 Å². The van der Waals surface area contributed by atoms with Gasteiger partial charge < -0.3 is 19.1 Å². The number of H-pyrrole nitrogens is 1. The van der Waals surface area contributed by atoms with Crippen molar-refractivity contribution >= 4 is 35.2 Å². The van der Waals surface area contributed by atoms with Gasteiger partial charge in [-0.2, -0.15) is 0 Å². The van der Waals surface area contributed by atoms with Crippen molar-refractivity contribution in [1.29, 1.82) is 0 Å². The normalized spacial score (nSPS) is 12.6. The molecule has 3 aromatic carbocycles. The molecule has 0 aliphatic heterocycles. The van der Waals surface area contributed by atoms with E-state index in [1.54, 1.807) is 32.0 Å². The first-order valence-electron chi connectivity index (χ1n) is 13.5. The SMILES string of the molecule is CCOP(=O)(OCC)c1ccc2[nH]c(O)c(C(=Nc3ccc(CN(CC)C(C)C)cc3)c3ccccc3)c2c1. The average Bonchev–Trinajstić information content (AvgIpc) is 3.26. The summed E-state index contributed by atoms with van der Waals surface area (Å²) < 4.78 is 24.7. The number of nitrogens with one attached hydrogen (secondary N) is 1. The van der Waals surface area contributed by atoms with E-state index in [0.717, 1.165) is 24.3 Å². The lowest BCUT2D eigenvalue weighted by atomic mass is 10.0. The number of hydrogen-bond acceptors (Lipinski definition) is 6. The van der Waals surface area contributed by atoms with Gasteiger partial charge in [-0.25, -0.2) is 4.99 Å². The molecule has 0 unspecified atom stereocenters. The summed E-state index contributed by atoms with van der Waals surface area (Å²) >= 11 is 0. The molecular formula is C31H38N3O4P. The molecule has 39 heavy (non-hydrogen) atoms. The highest BCUT2D eigenvalue weighted by molar-refractivity contribution is 7.62. The zero-order chi connectivity index (χ0) is 28.0. The van der Waals surface area contributed by atoms with E-state index in [9.17, 15) is 9.67 Å². The Hall–Kier alpha value is -3.22. The molecule has 0 saturated heterocycles. The maximum Gasteiger partial charge on any atom is 0.361 e. The van der Waals surface area contributed by atoms with Gasteiger partial charge in [0.2, 0.25) is 0 Å². The highest BCUT2D eigenvalue weighted by Crippen LogP contribution is 2.47. The standard InChI is InChI=1S/C31H38N3O4P/c1-6-34(22(4)5)21-23-14-16-25(17-15-23)32-30(24-12-10-9-11-13-24)29-27-20-26(18-19-28(27)33-31(29)35)39(36,37-7-2)38-8-3/h9-20,22,33,35H,6-8,21H2,1-5H3. The van der Waals surface area contributed by atoms with Gasteiger partial charge in [0.25, 0.3) is 0 Å². The molecular weight excluding hydrogens is 509 g/mol. The van der Waals surface area contributed by atoms with Crippen LogP contribution in [0.3, 0.4) is 0 Å². The zero-order valence-corrected chi connectivity index (χ0v) is 24.2. The number of nitrogens with zero attached hydrogens (tertiary/aromatic N) is 2. The summed E-state index contributed by atoms with van der Waals surface area (Å²) in [6.07, 6.45) is 0. The minimum absolute atomic E-state index is 0.0143. The molecule has 0 aliphatic rings. The molecule has 0 radical (unpaired) electrons. The van der Waals surface area contributed by atoms with Gasteiger partial charge in [-0.05, 0) is 70.1 Å². The number of benzene rings is 3. The fraction of sp³-hybridized carbons (Fsp3) is 0.323. The topological polar surface area (TPSA) is 87.1 Å². The fourth-order valence-electron chi connectivity index (χ4n) is 4.66. The van der Waals surface area contributed by atoms with Gasteiger partial charge in [0.1, 0.15) is 0 Å². The molecule has 0 bridgehead atoms. The molecule has 4 rings (SSSR count). The van der Waals surface area contributed by atoms with Crippen LogP contribution in [0.1, 0.15) is 51.3 Å². The summed E-state index contributed by atoms with van der Waals surface area (Å²) in [5.74, 6) is -0.0143. The van der Waals surface area contributed by atoms with Crippen molar-refractivity contribution < 1.29 is 18.7 Å². The van der Waals surface area contributed by atoms with Gasteiger partial charge >= 0.3 is 7.60 Å². The van der Waals surface area contributed by atoms with Crippen LogP contribution in [-0.2, 0) is 20.2 Å². The minimum atomic E-state index is -3.52. The molecule has 8 heteroatoms. The highest BCUT2D eigenvalue weighted by Gasteiger charge is 2.28. The Bertz CT molecular complexity index is 1450. The summed E-state index contributed by atoms with van der Waals surface area (Å²) in [4.78, 5) is 10.5. The molecule has 0 saturated carbocycles. The zero-order valence-electron chi connectivity index (χ0n) is 23.3. The Morgan fingerprint density at radius 3 is 2.23 bits per heavy atom. The molecule has 0 aliphatic carbocycles. The molecule has 1 aromatic heterocycles. The molecule has 1 heterocycles. The molecule has 0 fully saturated rings. The average molecular weight is 548 g/mol. The largest absolute Gasteiger partial charge is 0.494 e. The summed E-state index contributed by atoms with van der Waals surface area (Å²) in [7, 11) is -3.52. The van der Waals surface area contributed by atoms with Crippen LogP contribution in [0.2, 0.25) is 0 Å². The van der Waals surface area contributed by atoms with Gasteiger partial charge in [0.05, 0.1) is 35.5 Å². The maximum atomic E-state index is 13.5. The number of aromatic amines is 1. The van der Waals surface area contributed by atoms with Crippen LogP contribution >= 0.6 is 7.60 Å². The predicted octanol–water partition coefficient (Wildman–Crippen LogP) is 7.16. The highest BCUT2D eigenvalue weighted by atomic mass is 31.2. The molecule has 4 aromatic rings. The summed E-state index contributed by atoms with van der Waals surface area (Å²) in [5.41, 5.74) is 4.65. The summed E-state index contributed by atoms with van der Waals surface area (Å²) in [5, 5.41) is 12.2. The Balaban J connectivity index is 1.83. The molecule has 7 nitrogen and oxygen atoms in total. The van der Waals surface area contributed by atoms with Crippen molar-refractivity contribution in [1.82, 2.24) is 9.88 Å². The summed E-state index contributed by atoms with van der Waals surface area (Å²) in [6.45, 7) is 12.5. The van der Waals surface area contributed by atoms with Crippen molar-refractivity contribution in [3.8, 4) is 5.88 Å². The van der Waals surface area contributed by atoms with E-state index in [-0.39, 0.29) is 19.1 Å². The van der Waals surface area contributed by atoms with Gasteiger partial charge in [-0.3, -0.25) is 9.46 Å². The monoisotopic (exact) mass is 547 g/mol. The van der Waals surface area contributed by atoms with Crippen LogP contribution in [0.25, 0.3) is 10.9 Å².